The summed E-state index contributed by atoms with van der Waals surface area (Å²) in [4.78, 5) is 0. The maximum atomic E-state index is 2.24. The summed E-state index contributed by atoms with van der Waals surface area (Å²) in [5.74, 6) is 0. The van der Waals surface area contributed by atoms with Gasteiger partial charge in [-0.3, -0.25) is 0 Å². The number of hydrogen-bond acceptors (Lipinski definition) is 0. The van der Waals surface area contributed by atoms with Crippen molar-refractivity contribution in [2.45, 2.75) is 20.3 Å². The zero-order valence-electron chi connectivity index (χ0n) is 10.5. The molecule has 0 saturated carbocycles. The summed E-state index contributed by atoms with van der Waals surface area (Å²) < 4.78 is 0. The molecule has 0 nitrogen and oxygen atoms in total. The monoisotopic (exact) mass is 222 g/mol. The molecule has 0 amide bonds. The first-order chi connectivity index (χ1) is 8.31. The molecule has 0 aliphatic carbocycles. The smallest absolute Gasteiger partial charge is 0.0195 e. The largest absolute Gasteiger partial charge is 0.0622 e. The Balaban J connectivity index is 2.37. The summed E-state index contributed by atoms with van der Waals surface area (Å²) >= 11 is 0. The van der Waals surface area contributed by atoms with Crippen molar-refractivity contribution in [2.24, 2.45) is 0 Å². The second kappa shape index (κ2) is 5.49. The van der Waals surface area contributed by atoms with Crippen LogP contribution in [0.3, 0.4) is 0 Å². The van der Waals surface area contributed by atoms with Crippen molar-refractivity contribution in [2.75, 3.05) is 0 Å². The van der Waals surface area contributed by atoms with Crippen LogP contribution in [0.25, 0.3) is 11.6 Å². The second-order valence-electron chi connectivity index (χ2n) is 4.25. The highest BCUT2D eigenvalue weighted by atomic mass is 14.1. The molecule has 0 saturated heterocycles. The number of allylic oxidation sites excluding steroid dienone is 1. The molecular formula is C17H18. The fraction of sp³-hybridized carbons (Fsp3) is 0.176. The average Bonchev–Trinajstić information content (AvgIpc) is 2.40. The van der Waals surface area contributed by atoms with E-state index in [0.29, 0.717) is 0 Å². The molecule has 0 aromatic heterocycles. The maximum Gasteiger partial charge on any atom is -0.0195 e. The Kier molecular flexibility index (Phi) is 3.77. The Morgan fingerprint density at radius 3 is 2.29 bits per heavy atom. The van der Waals surface area contributed by atoms with Crippen molar-refractivity contribution in [1.29, 1.82) is 0 Å². The van der Waals surface area contributed by atoms with Crippen LogP contribution in [0.4, 0.5) is 0 Å². The number of rotatable bonds is 3. The summed E-state index contributed by atoms with van der Waals surface area (Å²) in [6.07, 6.45) is 3.32. The van der Waals surface area contributed by atoms with Crippen LogP contribution in [0.2, 0.25) is 0 Å². The maximum absolute atomic E-state index is 2.24. The molecule has 0 spiro atoms. The summed E-state index contributed by atoms with van der Waals surface area (Å²) in [6.45, 7) is 4.39. The van der Waals surface area contributed by atoms with Gasteiger partial charge in [0.2, 0.25) is 0 Å². The SMILES string of the molecule is CCc1ccccc1C(C)=Cc1ccccc1. The molecule has 0 aliphatic heterocycles. The van der Waals surface area contributed by atoms with Crippen molar-refractivity contribution >= 4 is 11.6 Å². The van der Waals surface area contributed by atoms with E-state index in [2.05, 4.69) is 68.5 Å². The summed E-state index contributed by atoms with van der Waals surface area (Å²) in [5.41, 5.74) is 5.36. The zero-order valence-corrected chi connectivity index (χ0v) is 10.5. The number of aryl methyl sites for hydroxylation is 1. The van der Waals surface area contributed by atoms with Gasteiger partial charge < -0.3 is 0 Å². The van der Waals surface area contributed by atoms with E-state index < -0.39 is 0 Å². The zero-order chi connectivity index (χ0) is 12.1. The highest BCUT2D eigenvalue weighted by Crippen LogP contribution is 2.21. The van der Waals surface area contributed by atoms with Gasteiger partial charge >= 0.3 is 0 Å². The molecule has 17 heavy (non-hydrogen) atoms. The normalized spacial score (nSPS) is 11.5. The third-order valence-corrected chi connectivity index (χ3v) is 3.01. The highest BCUT2D eigenvalue weighted by Gasteiger charge is 2.01. The highest BCUT2D eigenvalue weighted by molar-refractivity contribution is 5.81. The minimum atomic E-state index is 1.08. The van der Waals surface area contributed by atoms with E-state index >= 15 is 0 Å². The Morgan fingerprint density at radius 2 is 1.59 bits per heavy atom. The lowest BCUT2D eigenvalue weighted by molar-refractivity contribution is 1.13. The number of benzene rings is 2. The van der Waals surface area contributed by atoms with Gasteiger partial charge in [0.25, 0.3) is 0 Å². The standard InChI is InChI=1S/C17H18/c1-3-16-11-7-8-12-17(16)14(2)13-15-9-5-4-6-10-15/h4-13H,3H2,1-2H3. The molecule has 0 radical (unpaired) electrons. The third-order valence-electron chi connectivity index (χ3n) is 3.01. The molecule has 2 rings (SSSR count). The fourth-order valence-electron chi connectivity index (χ4n) is 2.09. The Labute approximate surface area is 104 Å². The molecular weight excluding hydrogens is 204 g/mol. The Hall–Kier alpha value is -1.82. The molecule has 0 bridgehead atoms. The van der Waals surface area contributed by atoms with Gasteiger partial charge in [0.1, 0.15) is 0 Å². The van der Waals surface area contributed by atoms with Gasteiger partial charge in [0.05, 0.1) is 0 Å². The fourth-order valence-corrected chi connectivity index (χ4v) is 2.09. The van der Waals surface area contributed by atoms with Crippen LogP contribution < -0.4 is 0 Å². The predicted molar refractivity (Wildman–Crippen MR) is 75.8 cm³/mol. The minimum Gasteiger partial charge on any atom is -0.0622 e. The molecule has 0 aliphatic rings. The molecule has 0 unspecified atom stereocenters. The molecule has 2 aromatic carbocycles. The van der Waals surface area contributed by atoms with Crippen molar-refractivity contribution < 1.29 is 0 Å². The van der Waals surface area contributed by atoms with E-state index in [1.54, 1.807) is 0 Å². The lowest BCUT2D eigenvalue weighted by Gasteiger charge is -2.08. The first-order valence-corrected chi connectivity index (χ1v) is 6.13. The quantitative estimate of drug-likeness (QED) is 0.654. The van der Waals surface area contributed by atoms with Gasteiger partial charge in [-0.2, -0.15) is 0 Å². The average molecular weight is 222 g/mol. The predicted octanol–water partition coefficient (Wildman–Crippen LogP) is 4.81. The molecule has 86 valence electrons. The molecule has 0 N–H and O–H groups in total. The molecule has 0 atom stereocenters. The van der Waals surface area contributed by atoms with Gasteiger partial charge in [0, 0.05) is 0 Å². The van der Waals surface area contributed by atoms with E-state index in [1.165, 1.54) is 22.3 Å². The summed E-state index contributed by atoms with van der Waals surface area (Å²) in [7, 11) is 0. The van der Waals surface area contributed by atoms with E-state index in [9.17, 15) is 0 Å². The molecule has 2 aromatic rings. The van der Waals surface area contributed by atoms with Crippen LogP contribution >= 0.6 is 0 Å². The Bertz CT molecular complexity index is 507. The first-order valence-electron chi connectivity index (χ1n) is 6.13. The van der Waals surface area contributed by atoms with Crippen molar-refractivity contribution in [3.05, 3.63) is 71.3 Å². The van der Waals surface area contributed by atoms with E-state index in [-0.39, 0.29) is 0 Å². The molecule has 0 heteroatoms. The Morgan fingerprint density at radius 1 is 0.941 bits per heavy atom. The number of hydrogen-bond donors (Lipinski definition) is 0. The summed E-state index contributed by atoms with van der Waals surface area (Å²) in [6, 6.07) is 19.1. The van der Waals surface area contributed by atoms with Crippen LogP contribution in [0.5, 0.6) is 0 Å². The topological polar surface area (TPSA) is 0 Å². The van der Waals surface area contributed by atoms with Gasteiger partial charge in [0.15, 0.2) is 0 Å². The lowest BCUT2D eigenvalue weighted by atomic mass is 9.97. The minimum absolute atomic E-state index is 1.08. The second-order valence-corrected chi connectivity index (χ2v) is 4.25. The van der Waals surface area contributed by atoms with Crippen molar-refractivity contribution in [1.82, 2.24) is 0 Å². The van der Waals surface area contributed by atoms with E-state index in [4.69, 9.17) is 0 Å². The van der Waals surface area contributed by atoms with E-state index in [1.807, 2.05) is 6.07 Å². The van der Waals surface area contributed by atoms with E-state index in [0.717, 1.165) is 6.42 Å². The first kappa shape index (κ1) is 11.7. The summed E-state index contributed by atoms with van der Waals surface area (Å²) in [5, 5.41) is 0. The van der Waals surface area contributed by atoms with Crippen molar-refractivity contribution in [3.8, 4) is 0 Å². The van der Waals surface area contributed by atoms with Gasteiger partial charge in [-0.15, -0.1) is 0 Å². The van der Waals surface area contributed by atoms with Crippen LogP contribution in [0.1, 0.15) is 30.5 Å². The van der Waals surface area contributed by atoms with Gasteiger partial charge in [-0.1, -0.05) is 67.6 Å². The third kappa shape index (κ3) is 2.85. The van der Waals surface area contributed by atoms with Crippen LogP contribution in [0.15, 0.2) is 54.6 Å². The molecule has 0 heterocycles. The van der Waals surface area contributed by atoms with Crippen LogP contribution in [-0.2, 0) is 6.42 Å². The van der Waals surface area contributed by atoms with Crippen LogP contribution in [0, 0.1) is 0 Å². The van der Waals surface area contributed by atoms with Crippen molar-refractivity contribution in [3.63, 3.8) is 0 Å². The molecule has 0 fully saturated rings. The lowest BCUT2D eigenvalue weighted by Crippen LogP contribution is -1.89. The van der Waals surface area contributed by atoms with Gasteiger partial charge in [-0.05, 0) is 35.6 Å². The van der Waals surface area contributed by atoms with Gasteiger partial charge in [-0.25, -0.2) is 0 Å². The van der Waals surface area contributed by atoms with Crippen LogP contribution in [-0.4, -0.2) is 0 Å².